The third-order valence-corrected chi connectivity index (χ3v) is 3.16. The van der Waals surface area contributed by atoms with E-state index >= 15 is 0 Å². The molecule has 0 bridgehead atoms. The van der Waals surface area contributed by atoms with Crippen molar-refractivity contribution in [2.45, 2.75) is 12.2 Å². The molecular weight excluding hydrogens is 254 g/mol. The third kappa shape index (κ3) is 4.99. The summed E-state index contributed by atoms with van der Waals surface area (Å²) in [6.07, 6.45) is 0. The molecule has 0 aliphatic carbocycles. The first-order chi connectivity index (χ1) is 2.91. The molecule has 36 valence electrons. The van der Waals surface area contributed by atoms with Crippen molar-refractivity contribution >= 4 is 37.5 Å². The van der Waals surface area contributed by atoms with Crippen molar-refractivity contribution in [3.8, 4) is 0 Å². The molecule has 6 heavy (non-hydrogen) atoms. The van der Waals surface area contributed by atoms with Gasteiger partial charge >= 0.3 is 58.8 Å². The summed E-state index contributed by atoms with van der Waals surface area (Å²) < 4.78 is 2.08. The fourth-order valence-electron chi connectivity index (χ4n) is 0.133. The van der Waals surface area contributed by atoms with Gasteiger partial charge in [0.2, 0.25) is 0 Å². The molecule has 0 N–H and O–H groups in total. The van der Waals surface area contributed by atoms with Gasteiger partial charge in [-0.25, -0.2) is 0 Å². The minimum atomic E-state index is 0.779. The molecule has 0 aliphatic heterocycles. The van der Waals surface area contributed by atoms with Crippen LogP contribution in [0.1, 0.15) is 6.92 Å². The monoisotopic (exact) mass is 262 g/mol. The van der Waals surface area contributed by atoms with Crippen molar-refractivity contribution in [3.63, 3.8) is 0 Å². The van der Waals surface area contributed by atoms with Crippen LogP contribution in [0, 0.1) is 0 Å². The van der Waals surface area contributed by atoms with E-state index in [0.29, 0.717) is 0 Å². The number of rotatable bonds is 2. The van der Waals surface area contributed by atoms with Gasteiger partial charge in [-0.15, -0.1) is 0 Å². The summed E-state index contributed by atoms with van der Waals surface area (Å²) in [5, 5.41) is 1.33. The standard InChI is InChI=1S/C4H7ISe/c1-2-6-4-3-5/h3-4H,2H2,1H3/b4-3+. The van der Waals surface area contributed by atoms with E-state index in [1.807, 2.05) is 0 Å². The predicted molar refractivity (Wildman–Crippen MR) is 39.4 cm³/mol. The summed E-state index contributed by atoms with van der Waals surface area (Å²) in [6.45, 7) is 2.20. The van der Waals surface area contributed by atoms with Gasteiger partial charge in [-0.05, 0) is 0 Å². The van der Waals surface area contributed by atoms with E-state index in [9.17, 15) is 0 Å². The molecule has 0 spiro atoms. The van der Waals surface area contributed by atoms with E-state index in [4.69, 9.17) is 0 Å². The first kappa shape index (κ1) is 6.99. The molecule has 0 saturated carbocycles. The summed E-state index contributed by atoms with van der Waals surface area (Å²) in [5.41, 5.74) is 0. The van der Waals surface area contributed by atoms with E-state index in [0.717, 1.165) is 15.0 Å². The third-order valence-electron chi connectivity index (χ3n) is 0.314. The maximum absolute atomic E-state index is 2.25. The molecule has 0 rings (SSSR count). The summed E-state index contributed by atoms with van der Waals surface area (Å²) >= 11 is 3.02. The van der Waals surface area contributed by atoms with Crippen molar-refractivity contribution in [1.82, 2.24) is 0 Å². The Kier molecular flexibility index (Phi) is 6.98. The molecule has 0 aromatic heterocycles. The Bertz CT molecular complexity index is 42.8. The van der Waals surface area contributed by atoms with Gasteiger partial charge < -0.3 is 0 Å². The Labute approximate surface area is 58.7 Å². The van der Waals surface area contributed by atoms with Crippen LogP contribution in [0.4, 0.5) is 0 Å². The normalized spacial score (nSPS) is 10.3. The molecule has 0 fully saturated rings. The Morgan fingerprint density at radius 3 is 2.67 bits per heavy atom. The van der Waals surface area contributed by atoms with Gasteiger partial charge in [0.15, 0.2) is 0 Å². The topological polar surface area (TPSA) is 0 Å². The van der Waals surface area contributed by atoms with Crippen LogP contribution in [0.2, 0.25) is 5.32 Å². The maximum atomic E-state index is 2.25. The Morgan fingerprint density at radius 1 is 1.83 bits per heavy atom. The van der Waals surface area contributed by atoms with Gasteiger partial charge in [-0.3, -0.25) is 0 Å². The molecule has 0 amide bonds. The van der Waals surface area contributed by atoms with Crippen LogP contribution < -0.4 is 0 Å². The van der Waals surface area contributed by atoms with Crippen LogP contribution in [0.3, 0.4) is 0 Å². The summed E-state index contributed by atoms with van der Waals surface area (Å²) in [6, 6.07) is 0. The molecule has 0 atom stereocenters. The van der Waals surface area contributed by atoms with Crippen LogP contribution in [0.25, 0.3) is 0 Å². The molecule has 0 nitrogen and oxygen atoms in total. The van der Waals surface area contributed by atoms with E-state index in [2.05, 4.69) is 38.6 Å². The van der Waals surface area contributed by atoms with E-state index in [-0.39, 0.29) is 0 Å². The molecule has 0 saturated heterocycles. The zero-order valence-electron chi connectivity index (χ0n) is 3.65. The van der Waals surface area contributed by atoms with Gasteiger partial charge in [0.05, 0.1) is 0 Å². The average Bonchev–Trinajstić information content (AvgIpc) is 1.61. The van der Waals surface area contributed by atoms with Gasteiger partial charge in [0, 0.05) is 0 Å². The molecule has 0 aromatic carbocycles. The Hall–Kier alpha value is 0.989. The second-order valence-electron chi connectivity index (χ2n) is 0.717. The fraction of sp³-hybridized carbons (Fsp3) is 0.500. The molecule has 0 radical (unpaired) electrons. The Balaban J connectivity index is 2.66. The molecular formula is C4H7ISe. The molecule has 0 aliphatic rings. The molecule has 0 heterocycles. The van der Waals surface area contributed by atoms with Crippen LogP contribution in [0.5, 0.6) is 0 Å². The summed E-state index contributed by atoms with van der Waals surface area (Å²) in [5.74, 6) is 0. The molecule has 0 unspecified atom stereocenters. The minimum absolute atomic E-state index is 0.779. The van der Waals surface area contributed by atoms with E-state index in [1.165, 1.54) is 5.32 Å². The van der Waals surface area contributed by atoms with Crippen LogP contribution in [-0.2, 0) is 0 Å². The van der Waals surface area contributed by atoms with Gasteiger partial charge in [-0.1, -0.05) is 0 Å². The summed E-state index contributed by atoms with van der Waals surface area (Å²) in [4.78, 5) is 2.23. The first-order valence-corrected chi connectivity index (χ1v) is 5.23. The van der Waals surface area contributed by atoms with Crippen molar-refractivity contribution in [3.05, 3.63) is 9.06 Å². The van der Waals surface area contributed by atoms with E-state index in [1.54, 1.807) is 0 Å². The number of halogens is 1. The number of hydrogen-bond acceptors (Lipinski definition) is 0. The van der Waals surface area contributed by atoms with Crippen LogP contribution in [0.15, 0.2) is 9.06 Å². The Morgan fingerprint density at radius 2 is 2.50 bits per heavy atom. The zero-order valence-corrected chi connectivity index (χ0v) is 7.52. The number of hydrogen-bond donors (Lipinski definition) is 0. The fourth-order valence-corrected chi connectivity index (χ4v) is 1.77. The molecule has 0 aromatic rings. The molecule has 2 heteroatoms. The van der Waals surface area contributed by atoms with Crippen LogP contribution >= 0.6 is 22.6 Å². The summed E-state index contributed by atoms with van der Waals surface area (Å²) in [7, 11) is 0. The van der Waals surface area contributed by atoms with Crippen molar-refractivity contribution in [2.24, 2.45) is 0 Å². The second-order valence-corrected chi connectivity index (χ2v) is 3.92. The predicted octanol–water partition coefficient (Wildman–Crippen LogP) is 2.04. The van der Waals surface area contributed by atoms with Crippen LogP contribution in [-0.4, -0.2) is 15.0 Å². The van der Waals surface area contributed by atoms with Crippen molar-refractivity contribution < 1.29 is 0 Å². The van der Waals surface area contributed by atoms with E-state index < -0.39 is 0 Å². The SMILES string of the molecule is CC[Se]/C=C/I. The van der Waals surface area contributed by atoms with Gasteiger partial charge in [-0.2, -0.15) is 0 Å². The quantitative estimate of drug-likeness (QED) is 0.527. The zero-order chi connectivity index (χ0) is 4.83. The van der Waals surface area contributed by atoms with Gasteiger partial charge in [0.25, 0.3) is 0 Å². The second kappa shape index (κ2) is 5.99. The van der Waals surface area contributed by atoms with Crippen molar-refractivity contribution in [1.29, 1.82) is 0 Å². The first-order valence-electron chi connectivity index (χ1n) is 1.78. The van der Waals surface area contributed by atoms with Crippen molar-refractivity contribution in [2.75, 3.05) is 0 Å². The van der Waals surface area contributed by atoms with Gasteiger partial charge in [0.1, 0.15) is 0 Å². The average molecular weight is 261 g/mol.